The average molecular weight is 454 g/mol. The molecule has 178 valence electrons. The van der Waals surface area contributed by atoms with Crippen molar-refractivity contribution >= 4 is 11.9 Å². The van der Waals surface area contributed by atoms with Crippen molar-refractivity contribution in [1.29, 1.82) is 0 Å². The fourth-order valence-electron chi connectivity index (χ4n) is 4.26. The van der Waals surface area contributed by atoms with E-state index in [1.165, 1.54) is 36.6 Å². The summed E-state index contributed by atoms with van der Waals surface area (Å²) in [5.41, 5.74) is 10.4. The minimum Gasteiger partial charge on any atom is -0.492 e. The molecule has 1 unspecified atom stereocenters. The molecule has 2 aromatic rings. The van der Waals surface area contributed by atoms with Gasteiger partial charge in [-0.1, -0.05) is 30.3 Å². The highest BCUT2D eigenvalue weighted by atomic mass is 16.6. The molecule has 0 amide bonds. The zero-order valence-corrected chi connectivity index (χ0v) is 20.1. The maximum absolute atomic E-state index is 13.1. The molecule has 0 spiro atoms. The second-order valence-electron chi connectivity index (χ2n) is 9.49. The van der Waals surface area contributed by atoms with Gasteiger partial charge < -0.3 is 19.9 Å². The summed E-state index contributed by atoms with van der Waals surface area (Å²) in [5, 5.41) is 0. The summed E-state index contributed by atoms with van der Waals surface area (Å²) < 4.78 is 16.5. The molecular weight excluding hydrogens is 418 g/mol. The Bertz CT molecular complexity index is 992. The fourth-order valence-corrected chi connectivity index (χ4v) is 4.26. The van der Waals surface area contributed by atoms with E-state index in [-0.39, 0.29) is 6.42 Å². The lowest BCUT2D eigenvalue weighted by molar-refractivity contribution is -0.142. The lowest BCUT2D eigenvalue weighted by Gasteiger charge is -2.23. The molecule has 1 aliphatic carbocycles. The van der Waals surface area contributed by atoms with E-state index in [1.54, 1.807) is 18.2 Å². The minimum atomic E-state index is -0.887. The molecule has 1 atom stereocenters. The maximum Gasteiger partial charge on any atom is 0.342 e. The van der Waals surface area contributed by atoms with Gasteiger partial charge in [-0.2, -0.15) is 0 Å². The highest BCUT2D eigenvalue weighted by molar-refractivity contribution is 5.94. The van der Waals surface area contributed by atoms with Crippen molar-refractivity contribution in [3.63, 3.8) is 0 Å². The van der Waals surface area contributed by atoms with Crippen molar-refractivity contribution in [2.75, 3.05) is 13.7 Å². The van der Waals surface area contributed by atoms with Gasteiger partial charge >= 0.3 is 11.9 Å². The van der Waals surface area contributed by atoms with E-state index in [0.29, 0.717) is 23.5 Å². The van der Waals surface area contributed by atoms with Gasteiger partial charge in [0.2, 0.25) is 0 Å². The van der Waals surface area contributed by atoms with Gasteiger partial charge in [0.1, 0.15) is 23.0 Å². The van der Waals surface area contributed by atoms with E-state index in [4.69, 9.17) is 19.9 Å². The number of aryl methyl sites for hydroxylation is 1. The lowest BCUT2D eigenvalue weighted by atomic mass is 9.87. The van der Waals surface area contributed by atoms with Crippen LogP contribution in [0.4, 0.5) is 0 Å². The van der Waals surface area contributed by atoms with Gasteiger partial charge in [0.25, 0.3) is 0 Å². The summed E-state index contributed by atoms with van der Waals surface area (Å²) in [6.07, 6.45) is 5.60. The number of carbonyl (C=O) groups excluding carboxylic acids is 2. The predicted octanol–water partition coefficient (Wildman–Crippen LogP) is 4.19. The average Bonchev–Trinajstić information content (AvgIpc) is 2.77. The Balaban J connectivity index is 1.82. The second kappa shape index (κ2) is 10.8. The van der Waals surface area contributed by atoms with Gasteiger partial charge in [-0.25, -0.2) is 4.79 Å². The van der Waals surface area contributed by atoms with Crippen molar-refractivity contribution in [2.45, 2.75) is 70.9 Å². The van der Waals surface area contributed by atoms with Crippen LogP contribution >= 0.6 is 0 Å². The summed E-state index contributed by atoms with van der Waals surface area (Å²) >= 11 is 0. The molecule has 3 rings (SSSR count). The first kappa shape index (κ1) is 24.8. The minimum absolute atomic E-state index is 0.143. The van der Waals surface area contributed by atoms with Crippen LogP contribution in [0, 0.1) is 0 Å². The molecule has 0 aliphatic heterocycles. The van der Waals surface area contributed by atoms with Gasteiger partial charge in [-0.15, -0.1) is 0 Å². The molecule has 6 heteroatoms. The van der Waals surface area contributed by atoms with Crippen LogP contribution in [0.5, 0.6) is 5.75 Å². The molecule has 0 saturated heterocycles. The smallest absolute Gasteiger partial charge is 0.342 e. The molecule has 2 N–H and O–H groups in total. The Morgan fingerprint density at radius 2 is 1.73 bits per heavy atom. The van der Waals surface area contributed by atoms with Gasteiger partial charge in [-0.05, 0) is 81.2 Å². The molecule has 0 saturated carbocycles. The standard InChI is InChI=1S/C27H35NO5/c1-27(2,3)33-26(30)24-20(17-22(28)25(29)31-4)12-8-14-23(24)32-16-15-19-11-7-10-18-9-5-6-13-21(18)19/h7-8,10-12,14,22H,5-6,9,13,15-17,28H2,1-4H3. The van der Waals surface area contributed by atoms with E-state index in [0.717, 1.165) is 19.3 Å². The van der Waals surface area contributed by atoms with Crippen molar-refractivity contribution < 1.29 is 23.8 Å². The van der Waals surface area contributed by atoms with Crippen LogP contribution < -0.4 is 10.5 Å². The van der Waals surface area contributed by atoms with Gasteiger partial charge in [0.15, 0.2) is 0 Å². The monoisotopic (exact) mass is 453 g/mol. The van der Waals surface area contributed by atoms with Crippen molar-refractivity contribution in [2.24, 2.45) is 5.73 Å². The molecular formula is C27H35NO5. The molecule has 6 nitrogen and oxygen atoms in total. The third-order valence-corrected chi connectivity index (χ3v) is 5.78. The molecule has 0 fully saturated rings. The Hall–Kier alpha value is -2.86. The van der Waals surface area contributed by atoms with Gasteiger partial charge in [-0.3, -0.25) is 4.79 Å². The highest BCUT2D eigenvalue weighted by Gasteiger charge is 2.26. The number of methoxy groups -OCH3 is 1. The summed E-state index contributed by atoms with van der Waals surface area (Å²) in [6, 6.07) is 10.9. The number of hydrogen-bond acceptors (Lipinski definition) is 6. The number of fused-ring (bicyclic) bond motifs is 1. The van der Waals surface area contributed by atoms with Crippen LogP contribution in [0.1, 0.15) is 66.2 Å². The summed E-state index contributed by atoms with van der Waals surface area (Å²) in [7, 11) is 1.29. The normalized spacial score (nSPS) is 14.2. The quantitative estimate of drug-likeness (QED) is 0.603. The van der Waals surface area contributed by atoms with Crippen LogP contribution in [-0.2, 0) is 40.0 Å². The molecule has 2 aromatic carbocycles. The van der Waals surface area contributed by atoms with Gasteiger partial charge in [0.05, 0.1) is 13.7 Å². The van der Waals surface area contributed by atoms with E-state index >= 15 is 0 Å². The number of nitrogens with two attached hydrogens (primary N) is 1. The number of carbonyl (C=O) groups is 2. The van der Waals surface area contributed by atoms with Crippen LogP contribution in [0.25, 0.3) is 0 Å². The molecule has 0 bridgehead atoms. The summed E-state index contributed by atoms with van der Waals surface area (Å²) in [6.45, 7) is 5.87. The topological polar surface area (TPSA) is 87.9 Å². The molecule has 1 aliphatic rings. The van der Waals surface area contributed by atoms with Crippen LogP contribution in [0.3, 0.4) is 0 Å². The number of esters is 2. The first-order chi connectivity index (χ1) is 15.7. The fraction of sp³-hybridized carbons (Fsp3) is 0.481. The van der Waals surface area contributed by atoms with E-state index in [2.05, 4.69) is 18.2 Å². The van der Waals surface area contributed by atoms with Crippen molar-refractivity contribution in [1.82, 2.24) is 0 Å². The molecule has 33 heavy (non-hydrogen) atoms. The lowest BCUT2D eigenvalue weighted by Crippen LogP contribution is -2.34. The Morgan fingerprint density at radius 1 is 1.03 bits per heavy atom. The molecule has 0 heterocycles. The number of rotatable bonds is 8. The second-order valence-corrected chi connectivity index (χ2v) is 9.49. The Kier molecular flexibility index (Phi) is 8.14. The van der Waals surface area contributed by atoms with Crippen LogP contribution in [0.15, 0.2) is 36.4 Å². The molecule has 0 aromatic heterocycles. The molecule has 0 radical (unpaired) electrons. The highest BCUT2D eigenvalue weighted by Crippen LogP contribution is 2.28. The largest absolute Gasteiger partial charge is 0.492 e. The van der Waals surface area contributed by atoms with Crippen molar-refractivity contribution in [3.8, 4) is 5.75 Å². The maximum atomic E-state index is 13.1. The number of ether oxygens (including phenoxy) is 3. The van der Waals surface area contributed by atoms with Crippen LogP contribution in [0.2, 0.25) is 0 Å². The first-order valence-corrected chi connectivity index (χ1v) is 11.6. The zero-order valence-electron chi connectivity index (χ0n) is 20.1. The number of hydrogen-bond donors (Lipinski definition) is 1. The first-order valence-electron chi connectivity index (χ1n) is 11.6. The number of benzene rings is 2. The zero-order chi connectivity index (χ0) is 24.0. The summed E-state index contributed by atoms with van der Waals surface area (Å²) in [4.78, 5) is 25.0. The van der Waals surface area contributed by atoms with E-state index in [1.807, 2.05) is 20.8 Å². The third kappa shape index (κ3) is 6.57. The predicted molar refractivity (Wildman–Crippen MR) is 128 cm³/mol. The summed E-state index contributed by atoms with van der Waals surface area (Å²) in [5.74, 6) is -0.601. The van der Waals surface area contributed by atoms with Crippen LogP contribution in [-0.4, -0.2) is 37.3 Å². The third-order valence-electron chi connectivity index (χ3n) is 5.78. The SMILES string of the molecule is COC(=O)C(N)Cc1cccc(OCCc2cccc3c2CCCC3)c1C(=O)OC(C)(C)C. The van der Waals surface area contributed by atoms with E-state index in [9.17, 15) is 9.59 Å². The van der Waals surface area contributed by atoms with E-state index < -0.39 is 23.6 Å². The Morgan fingerprint density at radius 3 is 2.45 bits per heavy atom. The van der Waals surface area contributed by atoms with Gasteiger partial charge in [0, 0.05) is 6.42 Å². The van der Waals surface area contributed by atoms with Crippen molar-refractivity contribution in [3.05, 3.63) is 64.2 Å². The Labute approximate surface area is 196 Å².